The van der Waals surface area contributed by atoms with E-state index in [1.54, 1.807) is 0 Å². The van der Waals surface area contributed by atoms with Gasteiger partial charge in [0.05, 0.1) is 6.61 Å². The molecule has 0 radical (unpaired) electrons. The zero-order chi connectivity index (χ0) is 16.6. The van der Waals surface area contributed by atoms with Crippen LogP contribution in [0.25, 0.3) is 0 Å². The molecule has 3 rings (SSSR count). The van der Waals surface area contributed by atoms with Crippen LogP contribution in [0.5, 0.6) is 0 Å². The first-order valence-electron chi connectivity index (χ1n) is 7.94. The number of amides is 3. The highest BCUT2D eigenvalue weighted by molar-refractivity contribution is 6.09. The number of carbonyl (C=O) groups is 4. The monoisotopic (exact) mass is 324 g/mol. The summed E-state index contributed by atoms with van der Waals surface area (Å²) in [5, 5.41) is 2.76. The fourth-order valence-corrected chi connectivity index (χ4v) is 3.55. The van der Waals surface area contributed by atoms with Crippen molar-refractivity contribution in [1.82, 2.24) is 10.2 Å². The first-order chi connectivity index (χ1) is 10.9. The number of nitrogens with zero attached hydrogens (tertiary/aromatic N) is 1. The Kier molecular flexibility index (Phi) is 3.99. The summed E-state index contributed by atoms with van der Waals surface area (Å²) in [5.41, 5.74) is -0.901. The van der Waals surface area contributed by atoms with E-state index in [0.29, 0.717) is 12.8 Å². The van der Waals surface area contributed by atoms with Crippen molar-refractivity contribution in [3.63, 3.8) is 0 Å². The van der Waals surface area contributed by atoms with Crippen LogP contribution in [0.2, 0.25) is 0 Å². The molecule has 3 amide bonds. The van der Waals surface area contributed by atoms with Crippen molar-refractivity contribution in [2.45, 2.75) is 50.7 Å². The molecule has 23 heavy (non-hydrogen) atoms. The molecule has 2 aliphatic heterocycles. The minimum atomic E-state index is -0.939. The quantitative estimate of drug-likeness (QED) is 0.593. The number of imide groups is 1. The minimum Gasteiger partial charge on any atom is -0.463 e. The molecule has 1 spiro atoms. The van der Waals surface area contributed by atoms with Crippen molar-refractivity contribution < 1.29 is 28.7 Å². The first-order valence-corrected chi connectivity index (χ1v) is 7.94. The molecule has 3 fully saturated rings. The van der Waals surface area contributed by atoms with Crippen LogP contribution in [0, 0.1) is 5.92 Å². The molecule has 8 heteroatoms. The number of esters is 2. The van der Waals surface area contributed by atoms with E-state index in [1.807, 2.05) is 6.92 Å². The molecule has 1 aliphatic carbocycles. The summed E-state index contributed by atoms with van der Waals surface area (Å²) in [6.45, 7) is 1.66. The smallest absolute Gasteiger partial charge is 0.347 e. The molecule has 3 aliphatic rings. The van der Waals surface area contributed by atoms with E-state index in [1.165, 1.54) is 0 Å². The standard InChI is InChI=1S/C15H20N2O6/c1-9-4-2-3-6-15(9)13(20)17(14(21)16-15)8-11(18)23-10-5-7-22-12(10)19/h9-10H,2-8H2,1H3,(H,16,21)/t9-,10-,15+/m1/s1. The third-order valence-corrected chi connectivity index (χ3v) is 4.95. The van der Waals surface area contributed by atoms with Crippen molar-refractivity contribution in [3.05, 3.63) is 0 Å². The Morgan fingerprint density at radius 3 is 2.78 bits per heavy atom. The Balaban J connectivity index is 1.66. The highest BCUT2D eigenvalue weighted by atomic mass is 16.6. The van der Waals surface area contributed by atoms with Gasteiger partial charge in [-0.15, -0.1) is 0 Å². The summed E-state index contributed by atoms with van der Waals surface area (Å²) < 4.78 is 9.70. The van der Waals surface area contributed by atoms with Crippen LogP contribution in [0.15, 0.2) is 0 Å². The van der Waals surface area contributed by atoms with Crippen LogP contribution in [0.3, 0.4) is 0 Å². The summed E-state index contributed by atoms with van der Waals surface area (Å²) in [5.74, 6) is -1.72. The van der Waals surface area contributed by atoms with Gasteiger partial charge < -0.3 is 14.8 Å². The lowest BCUT2D eigenvalue weighted by molar-refractivity contribution is -0.161. The lowest BCUT2D eigenvalue weighted by Gasteiger charge is -2.36. The molecule has 0 unspecified atom stereocenters. The second-order valence-corrected chi connectivity index (χ2v) is 6.37. The van der Waals surface area contributed by atoms with E-state index in [0.717, 1.165) is 24.2 Å². The Labute approximate surface area is 133 Å². The summed E-state index contributed by atoms with van der Waals surface area (Å²) in [4.78, 5) is 49.0. The van der Waals surface area contributed by atoms with Gasteiger partial charge in [0.2, 0.25) is 6.10 Å². The Hall–Kier alpha value is -2.12. The molecule has 2 saturated heterocycles. The average molecular weight is 324 g/mol. The highest BCUT2D eigenvalue weighted by Gasteiger charge is 2.55. The third-order valence-electron chi connectivity index (χ3n) is 4.95. The van der Waals surface area contributed by atoms with Gasteiger partial charge in [-0.3, -0.25) is 14.5 Å². The van der Waals surface area contributed by atoms with Gasteiger partial charge in [0, 0.05) is 6.42 Å². The first kappa shape index (κ1) is 15.8. The van der Waals surface area contributed by atoms with E-state index in [4.69, 9.17) is 9.47 Å². The number of nitrogens with one attached hydrogen (secondary N) is 1. The molecular weight excluding hydrogens is 304 g/mol. The van der Waals surface area contributed by atoms with E-state index in [2.05, 4.69) is 5.32 Å². The van der Waals surface area contributed by atoms with Crippen molar-refractivity contribution in [2.75, 3.05) is 13.2 Å². The van der Waals surface area contributed by atoms with Crippen LogP contribution in [0.4, 0.5) is 4.79 Å². The highest BCUT2D eigenvalue weighted by Crippen LogP contribution is 2.38. The predicted octanol–water partition coefficient (Wildman–Crippen LogP) is 0.346. The van der Waals surface area contributed by atoms with Gasteiger partial charge in [0.25, 0.3) is 5.91 Å². The molecule has 1 saturated carbocycles. The Morgan fingerprint density at radius 1 is 1.35 bits per heavy atom. The maximum atomic E-state index is 12.7. The van der Waals surface area contributed by atoms with Crippen molar-refractivity contribution in [2.24, 2.45) is 5.92 Å². The van der Waals surface area contributed by atoms with E-state index >= 15 is 0 Å². The molecule has 0 aromatic carbocycles. The zero-order valence-corrected chi connectivity index (χ0v) is 13.0. The van der Waals surface area contributed by atoms with E-state index < -0.39 is 36.2 Å². The molecular formula is C15H20N2O6. The van der Waals surface area contributed by atoms with Crippen molar-refractivity contribution in [3.8, 4) is 0 Å². The number of carbonyl (C=O) groups excluding carboxylic acids is 4. The Bertz CT molecular complexity index is 562. The number of cyclic esters (lactones) is 1. The molecule has 2 heterocycles. The van der Waals surface area contributed by atoms with E-state index in [-0.39, 0.29) is 18.4 Å². The van der Waals surface area contributed by atoms with E-state index in [9.17, 15) is 19.2 Å². The van der Waals surface area contributed by atoms with Gasteiger partial charge in [-0.25, -0.2) is 9.59 Å². The van der Waals surface area contributed by atoms with Crippen LogP contribution < -0.4 is 5.32 Å². The second-order valence-electron chi connectivity index (χ2n) is 6.37. The SMILES string of the molecule is C[C@@H]1CCCC[C@]12NC(=O)N(CC(=O)O[C@@H]1CCOC1=O)C2=O. The van der Waals surface area contributed by atoms with Crippen LogP contribution in [0.1, 0.15) is 39.0 Å². The molecule has 1 N–H and O–H groups in total. The summed E-state index contributed by atoms with van der Waals surface area (Å²) >= 11 is 0. The van der Waals surface area contributed by atoms with Crippen molar-refractivity contribution in [1.29, 1.82) is 0 Å². The predicted molar refractivity (Wildman–Crippen MR) is 76.1 cm³/mol. The van der Waals surface area contributed by atoms with Crippen molar-refractivity contribution >= 4 is 23.9 Å². The number of hydrogen-bond acceptors (Lipinski definition) is 6. The van der Waals surface area contributed by atoms with Gasteiger partial charge in [0.1, 0.15) is 12.1 Å². The number of ether oxygens (including phenoxy) is 2. The van der Waals surface area contributed by atoms with Crippen LogP contribution >= 0.6 is 0 Å². The van der Waals surface area contributed by atoms with Gasteiger partial charge in [-0.2, -0.15) is 0 Å². The van der Waals surface area contributed by atoms with Gasteiger partial charge in [-0.1, -0.05) is 19.8 Å². The van der Waals surface area contributed by atoms with Crippen LogP contribution in [-0.4, -0.2) is 53.6 Å². The average Bonchev–Trinajstić information content (AvgIpc) is 3.00. The summed E-state index contributed by atoms with van der Waals surface area (Å²) in [6, 6.07) is -0.574. The maximum absolute atomic E-state index is 12.7. The second kappa shape index (κ2) is 5.82. The fourth-order valence-electron chi connectivity index (χ4n) is 3.55. The molecule has 0 aromatic heterocycles. The molecule has 0 aromatic rings. The topological polar surface area (TPSA) is 102 Å². The zero-order valence-electron chi connectivity index (χ0n) is 13.0. The molecule has 3 atom stereocenters. The summed E-state index contributed by atoms with van der Waals surface area (Å²) in [7, 11) is 0. The lowest BCUT2D eigenvalue weighted by atomic mass is 9.73. The molecule has 0 bridgehead atoms. The number of rotatable bonds is 3. The van der Waals surface area contributed by atoms with Gasteiger partial charge >= 0.3 is 18.0 Å². The van der Waals surface area contributed by atoms with Gasteiger partial charge in [-0.05, 0) is 18.8 Å². The van der Waals surface area contributed by atoms with Gasteiger partial charge in [0.15, 0.2) is 0 Å². The minimum absolute atomic E-state index is 0.0264. The maximum Gasteiger partial charge on any atom is 0.347 e. The fraction of sp³-hybridized carbons (Fsp3) is 0.733. The molecule has 126 valence electrons. The normalized spacial score (nSPS) is 33.8. The lowest BCUT2D eigenvalue weighted by Crippen LogP contribution is -2.54. The number of hydrogen-bond donors (Lipinski definition) is 1. The Morgan fingerprint density at radius 2 is 2.13 bits per heavy atom. The third kappa shape index (κ3) is 2.66. The summed E-state index contributed by atoms with van der Waals surface area (Å²) in [6.07, 6.45) is 2.69. The van der Waals surface area contributed by atoms with Crippen LogP contribution in [-0.2, 0) is 23.9 Å². The largest absolute Gasteiger partial charge is 0.463 e. The number of urea groups is 1. The molecule has 8 nitrogen and oxygen atoms in total.